The maximum Gasteiger partial charge on any atom is 0.0342 e. The van der Waals surface area contributed by atoms with E-state index in [2.05, 4.69) is 47.5 Å². The van der Waals surface area contributed by atoms with Gasteiger partial charge in [-0.15, -0.1) is 6.42 Å². The molecule has 0 aromatic heterocycles. The lowest BCUT2D eigenvalue weighted by molar-refractivity contribution is -0.199. The van der Waals surface area contributed by atoms with E-state index < -0.39 is 0 Å². The predicted molar refractivity (Wildman–Crippen MR) is 115 cm³/mol. The molecule has 4 saturated carbocycles. The molecule has 2 N–H and O–H groups in total. The second kappa shape index (κ2) is 5.81. The van der Waals surface area contributed by atoms with Crippen LogP contribution in [0, 0.1) is 57.7 Å². The van der Waals surface area contributed by atoms with Crippen molar-refractivity contribution < 1.29 is 0 Å². The van der Waals surface area contributed by atoms with Crippen molar-refractivity contribution in [2.75, 3.05) is 0 Å². The van der Waals surface area contributed by atoms with E-state index in [1.165, 1.54) is 51.4 Å². The third kappa shape index (κ3) is 2.20. The summed E-state index contributed by atoms with van der Waals surface area (Å²) in [5, 5.41) is 0. The van der Waals surface area contributed by atoms with Gasteiger partial charge in [0.05, 0.1) is 0 Å². The van der Waals surface area contributed by atoms with Gasteiger partial charge in [-0.25, -0.2) is 0 Å². The fraction of sp³-hybridized carbons (Fsp3) is 0.846. The average Bonchev–Trinajstić information content (AvgIpc) is 2.97. The van der Waals surface area contributed by atoms with Gasteiger partial charge in [-0.1, -0.05) is 33.6 Å². The predicted octanol–water partition coefficient (Wildman–Crippen LogP) is 6.54. The molecule has 0 amide bonds. The summed E-state index contributed by atoms with van der Waals surface area (Å²) in [7, 11) is 0. The quantitative estimate of drug-likeness (QED) is 0.483. The van der Waals surface area contributed by atoms with Crippen LogP contribution in [0.2, 0.25) is 0 Å². The second-order valence-corrected chi connectivity index (χ2v) is 11.7. The highest BCUT2D eigenvalue weighted by Crippen LogP contribution is 2.75. The van der Waals surface area contributed by atoms with Crippen molar-refractivity contribution in [3.05, 3.63) is 11.3 Å². The smallest absolute Gasteiger partial charge is 0.0342 e. The van der Waals surface area contributed by atoms with Crippen molar-refractivity contribution in [1.82, 2.24) is 0 Å². The van der Waals surface area contributed by atoms with E-state index in [1.54, 1.807) is 5.57 Å². The first-order valence-corrected chi connectivity index (χ1v) is 11.5. The highest BCUT2D eigenvalue weighted by Gasteiger charge is 2.68. The van der Waals surface area contributed by atoms with Crippen molar-refractivity contribution in [3.63, 3.8) is 0 Å². The number of nitrogens with two attached hydrogens (primary N) is 1. The molecule has 0 aromatic carbocycles. The van der Waals surface area contributed by atoms with E-state index in [4.69, 9.17) is 12.2 Å². The van der Waals surface area contributed by atoms with Gasteiger partial charge in [0, 0.05) is 11.1 Å². The van der Waals surface area contributed by atoms with E-state index >= 15 is 0 Å². The van der Waals surface area contributed by atoms with Crippen LogP contribution < -0.4 is 5.73 Å². The SMILES string of the molecule is C#C[C@]1(C)[C@@H](C)CC[C@]2(C)[C@H]3CC[C@@H]4/C(=C(\C)N)CC[C@@]4(C)[C@]3(C)CC[C@@H]12. The number of terminal acetylenes is 1. The van der Waals surface area contributed by atoms with Gasteiger partial charge < -0.3 is 5.73 Å². The van der Waals surface area contributed by atoms with E-state index in [0.717, 1.165) is 11.6 Å². The standard InChI is InChI=1S/C26H41N/c1-8-23(4)17(2)11-14-24(5)21(23)13-16-26(7)22(24)10-9-20-19(18(3)27)12-15-25(20,26)6/h1,17,20-22H,9-16,27H2,2-7H3/b19-18+/t17-,20+,21-,22+,23+,24-,25+,26+/m0/s1. The Kier molecular flexibility index (Phi) is 4.18. The molecule has 0 aromatic rings. The van der Waals surface area contributed by atoms with Crippen molar-refractivity contribution in [1.29, 1.82) is 0 Å². The van der Waals surface area contributed by atoms with Crippen LogP contribution in [-0.4, -0.2) is 0 Å². The van der Waals surface area contributed by atoms with Gasteiger partial charge in [0.2, 0.25) is 0 Å². The van der Waals surface area contributed by atoms with Gasteiger partial charge >= 0.3 is 0 Å². The lowest BCUT2D eigenvalue weighted by Gasteiger charge is -2.69. The monoisotopic (exact) mass is 367 g/mol. The van der Waals surface area contributed by atoms with Crippen LogP contribution in [0.4, 0.5) is 0 Å². The van der Waals surface area contributed by atoms with Crippen molar-refractivity contribution in [2.45, 2.75) is 92.9 Å². The van der Waals surface area contributed by atoms with Crippen LogP contribution in [-0.2, 0) is 0 Å². The molecule has 0 radical (unpaired) electrons. The lowest BCUT2D eigenvalue weighted by atomic mass is 9.35. The van der Waals surface area contributed by atoms with Gasteiger partial charge in [-0.2, -0.15) is 0 Å². The third-order valence-electron chi connectivity index (χ3n) is 11.1. The van der Waals surface area contributed by atoms with Crippen molar-refractivity contribution in [3.8, 4) is 12.3 Å². The number of hydrogen-bond acceptors (Lipinski definition) is 1. The summed E-state index contributed by atoms with van der Waals surface area (Å²) in [4.78, 5) is 0. The number of hydrogen-bond donors (Lipinski definition) is 1. The first-order valence-electron chi connectivity index (χ1n) is 11.5. The molecule has 1 nitrogen and oxygen atoms in total. The summed E-state index contributed by atoms with van der Waals surface area (Å²) < 4.78 is 0. The Bertz CT molecular complexity index is 708. The van der Waals surface area contributed by atoms with Gasteiger partial charge in [0.15, 0.2) is 0 Å². The maximum atomic E-state index is 6.33. The number of fused-ring (bicyclic) bond motifs is 5. The maximum absolute atomic E-state index is 6.33. The van der Waals surface area contributed by atoms with Crippen LogP contribution in [0.5, 0.6) is 0 Å². The Morgan fingerprint density at radius 3 is 2.30 bits per heavy atom. The zero-order chi connectivity index (χ0) is 19.8. The molecule has 0 aliphatic heterocycles. The first-order chi connectivity index (χ1) is 12.5. The molecule has 150 valence electrons. The molecule has 27 heavy (non-hydrogen) atoms. The van der Waals surface area contributed by atoms with E-state index in [0.29, 0.717) is 34.0 Å². The molecule has 0 spiro atoms. The zero-order valence-corrected chi connectivity index (χ0v) is 18.6. The summed E-state index contributed by atoms with van der Waals surface area (Å²) in [5.74, 6) is 6.17. The van der Waals surface area contributed by atoms with Crippen LogP contribution >= 0.6 is 0 Å². The molecule has 0 unspecified atom stereocenters. The minimum Gasteiger partial charge on any atom is -0.402 e. The fourth-order valence-electron chi connectivity index (χ4n) is 9.11. The van der Waals surface area contributed by atoms with Crippen molar-refractivity contribution in [2.24, 2.45) is 51.1 Å². The van der Waals surface area contributed by atoms with Gasteiger partial charge in [0.25, 0.3) is 0 Å². The summed E-state index contributed by atoms with van der Waals surface area (Å²) in [5.41, 5.74) is 10.3. The summed E-state index contributed by atoms with van der Waals surface area (Å²) >= 11 is 0. The minimum atomic E-state index is 0.0701. The summed E-state index contributed by atoms with van der Waals surface area (Å²) in [6.07, 6.45) is 16.8. The average molecular weight is 368 g/mol. The molecule has 4 fully saturated rings. The normalized spacial score (nSPS) is 56.5. The highest BCUT2D eigenvalue weighted by atomic mass is 14.7. The Labute approximate surface area is 167 Å². The van der Waals surface area contributed by atoms with Crippen molar-refractivity contribution >= 4 is 0 Å². The molecule has 4 aliphatic carbocycles. The van der Waals surface area contributed by atoms with Crippen LogP contribution in [0.3, 0.4) is 0 Å². The molecule has 0 heterocycles. The zero-order valence-electron chi connectivity index (χ0n) is 18.6. The Balaban J connectivity index is 1.77. The molecular formula is C26H41N. The molecule has 0 bridgehead atoms. The summed E-state index contributed by atoms with van der Waals surface area (Å²) in [6, 6.07) is 0. The topological polar surface area (TPSA) is 26.0 Å². The highest BCUT2D eigenvalue weighted by molar-refractivity contribution is 5.28. The Morgan fingerprint density at radius 2 is 1.67 bits per heavy atom. The Hall–Kier alpha value is -0.900. The number of rotatable bonds is 0. The minimum absolute atomic E-state index is 0.0701. The van der Waals surface area contributed by atoms with E-state index in [1.807, 2.05) is 0 Å². The number of allylic oxidation sites excluding steroid dienone is 2. The molecule has 1 heteroatoms. The first kappa shape index (κ1) is 19.4. The molecule has 4 aliphatic rings. The van der Waals surface area contributed by atoms with Gasteiger partial charge in [-0.3, -0.25) is 0 Å². The second-order valence-electron chi connectivity index (χ2n) is 11.7. The lowest BCUT2D eigenvalue weighted by Crippen LogP contribution is -2.62. The van der Waals surface area contributed by atoms with Gasteiger partial charge in [0.1, 0.15) is 0 Å². The van der Waals surface area contributed by atoms with Crippen LogP contribution in [0.1, 0.15) is 92.9 Å². The molecule has 0 saturated heterocycles. The summed E-state index contributed by atoms with van der Waals surface area (Å²) in [6.45, 7) is 14.9. The largest absolute Gasteiger partial charge is 0.402 e. The molecular weight excluding hydrogens is 326 g/mol. The molecule has 8 atom stereocenters. The van der Waals surface area contributed by atoms with Gasteiger partial charge in [-0.05, 0) is 111 Å². The van der Waals surface area contributed by atoms with Crippen LogP contribution in [0.25, 0.3) is 0 Å². The fourth-order valence-corrected chi connectivity index (χ4v) is 9.11. The van der Waals surface area contributed by atoms with Crippen LogP contribution in [0.15, 0.2) is 11.3 Å². The Morgan fingerprint density at radius 1 is 0.963 bits per heavy atom. The van der Waals surface area contributed by atoms with E-state index in [9.17, 15) is 0 Å². The molecule has 4 rings (SSSR count). The third-order valence-corrected chi connectivity index (χ3v) is 11.1. The van der Waals surface area contributed by atoms with E-state index in [-0.39, 0.29) is 5.41 Å².